The first-order valence-electron chi connectivity index (χ1n) is 10.9. The molecule has 1 atom stereocenters. The van der Waals surface area contributed by atoms with E-state index < -0.39 is 28.3 Å². The fraction of sp³-hybridized carbons (Fsp3) is 0.391. The number of rotatable bonds is 5. The van der Waals surface area contributed by atoms with Gasteiger partial charge in [-0.05, 0) is 36.4 Å². The van der Waals surface area contributed by atoms with E-state index in [9.17, 15) is 32.9 Å². The number of alkyl halides is 3. The molecule has 0 bridgehead atoms. The van der Waals surface area contributed by atoms with E-state index in [4.69, 9.17) is 4.74 Å². The van der Waals surface area contributed by atoms with Crippen LogP contribution in [0.2, 0.25) is 0 Å². The number of hydrogen-bond acceptors (Lipinski definition) is 6. The largest absolute Gasteiger partial charge is 0.497 e. The molecule has 2 aliphatic rings. The zero-order chi connectivity index (χ0) is 25.3. The average Bonchev–Trinajstić information content (AvgIpc) is 3.24. The van der Waals surface area contributed by atoms with E-state index in [1.54, 1.807) is 46.1 Å². The molecular weight excluding hydrogens is 469 g/mol. The quantitative estimate of drug-likeness (QED) is 0.469. The van der Waals surface area contributed by atoms with Gasteiger partial charge in [0.2, 0.25) is 11.8 Å². The smallest absolute Gasteiger partial charge is 0.416 e. The highest BCUT2D eigenvalue weighted by molar-refractivity contribution is 6.00. The standard InChI is InChI=1S/C23H23F3N4O5/c1-35-18-5-3-17(4-6-18)29-14-15(12-21(29)31)22(32)28-10-8-27(9-11-28)19-7-2-16(23(24,25)26)13-20(19)30(33)34/h2-7,13,15H,8-12,14H2,1H3. The van der Waals surface area contributed by atoms with E-state index in [0.29, 0.717) is 17.5 Å². The SMILES string of the molecule is COc1ccc(N2CC(C(=O)N3CCN(c4ccc(C(F)(F)F)cc4[N+](=O)[O-])CC3)CC2=O)cc1. The summed E-state index contributed by atoms with van der Waals surface area (Å²) in [6.07, 6.45) is -4.61. The fourth-order valence-corrected chi connectivity index (χ4v) is 4.42. The van der Waals surface area contributed by atoms with Gasteiger partial charge in [-0.3, -0.25) is 19.7 Å². The summed E-state index contributed by atoms with van der Waals surface area (Å²) in [5.41, 5.74) is -0.965. The van der Waals surface area contributed by atoms with Gasteiger partial charge in [-0.2, -0.15) is 13.2 Å². The third-order valence-corrected chi connectivity index (χ3v) is 6.29. The van der Waals surface area contributed by atoms with E-state index in [-0.39, 0.29) is 56.6 Å². The number of hydrogen-bond donors (Lipinski definition) is 0. The van der Waals surface area contributed by atoms with Gasteiger partial charge in [0.15, 0.2) is 0 Å². The number of nitrogens with zero attached hydrogens (tertiary/aromatic N) is 4. The Morgan fingerprint density at radius 3 is 2.31 bits per heavy atom. The van der Waals surface area contributed by atoms with Crippen LogP contribution in [-0.2, 0) is 15.8 Å². The first-order chi connectivity index (χ1) is 16.6. The highest BCUT2D eigenvalue weighted by Crippen LogP contribution is 2.37. The lowest BCUT2D eigenvalue weighted by Crippen LogP contribution is -2.50. The van der Waals surface area contributed by atoms with E-state index >= 15 is 0 Å². The van der Waals surface area contributed by atoms with Crippen molar-refractivity contribution in [3.63, 3.8) is 0 Å². The highest BCUT2D eigenvalue weighted by Gasteiger charge is 2.39. The Labute approximate surface area is 198 Å². The number of methoxy groups -OCH3 is 1. The Morgan fingerprint density at radius 1 is 1.09 bits per heavy atom. The average molecular weight is 492 g/mol. The number of amides is 2. The summed E-state index contributed by atoms with van der Waals surface area (Å²) in [6, 6.07) is 9.41. The van der Waals surface area contributed by atoms with Crippen LogP contribution in [0.4, 0.5) is 30.2 Å². The van der Waals surface area contributed by atoms with Crippen LogP contribution < -0.4 is 14.5 Å². The Balaban J connectivity index is 1.40. The van der Waals surface area contributed by atoms with Crippen LogP contribution in [-0.4, -0.2) is 61.5 Å². The van der Waals surface area contributed by atoms with E-state index in [2.05, 4.69) is 0 Å². The maximum atomic E-state index is 13.1. The molecule has 186 valence electrons. The Morgan fingerprint density at radius 2 is 1.74 bits per heavy atom. The van der Waals surface area contributed by atoms with Crippen molar-refractivity contribution in [2.45, 2.75) is 12.6 Å². The maximum Gasteiger partial charge on any atom is 0.416 e. The van der Waals surface area contributed by atoms with Gasteiger partial charge in [-0.25, -0.2) is 0 Å². The molecule has 0 aromatic heterocycles. The van der Waals surface area contributed by atoms with Crippen LogP contribution in [0.15, 0.2) is 42.5 Å². The van der Waals surface area contributed by atoms with Crippen molar-refractivity contribution in [3.05, 3.63) is 58.1 Å². The van der Waals surface area contributed by atoms with Gasteiger partial charge in [0.1, 0.15) is 11.4 Å². The topological polar surface area (TPSA) is 96.2 Å². The van der Waals surface area contributed by atoms with E-state index in [0.717, 1.165) is 12.1 Å². The number of anilines is 2. The first kappa shape index (κ1) is 24.3. The maximum absolute atomic E-state index is 13.1. The van der Waals surface area contributed by atoms with Gasteiger partial charge in [0.25, 0.3) is 5.69 Å². The molecule has 0 radical (unpaired) electrons. The van der Waals surface area contributed by atoms with Crippen molar-refractivity contribution < 1.29 is 32.4 Å². The molecule has 1 unspecified atom stereocenters. The van der Waals surface area contributed by atoms with Crippen molar-refractivity contribution in [2.24, 2.45) is 5.92 Å². The molecule has 2 heterocycles. The second kappa shape index (κ2) is 9.43. The molecule has 9 nitrogen and oxygen atoms in total. The third kappa shape index (κ3) is 5.00. The molecule has 2 aromatic rings. The van der Waals surface area contributed by atoms with E-state index in [1.165, 1.54) is 0 Å². The second-order valence-electron chi connectivity index (χ2n) is 8.37. The Hall–Kier alpha value is -3.83. The minimum absolute atomic E-state index is 0.0788. The van der Waals surface area contributed by atoms with Crippen LogP contribution in [0.3, 0.4) is 0 Å². The lowest BCUT2D eigenvalue weighted by molar-refractivity contribution is -0.384. The van der Waals surface area contributed by atoms with Gasteiger partial charge in [0, 0.05) is 50.9 Å². The normalized spacial score (nSPS) is 18.7. The Bertz CT molecular complexity index is 1130. The molecule has 2 aromatic carbocycles. The van der Waals surface area contributed by atoms with Gasteiger partial charge in [0.05, 0.1) is 23.5 Å². The molecule has 2 saturated heterocycles. The molecule has 2 amide bonds. The minimum atomic E-state index is -4.69. The minimum Gasteiger partial charge on any atom is -0.497 e. The van der Waals surface area contributed by atoms with E-state index in [1.807, 2.05) is 0 Å². The number of carbonyl (C=O) groups excluding carboxylic acids is 2. The lowest BCUT2D eigenvalue weighted by Gasteiger charge is -2.36. The number of piperazine rings is 1. The number of halogens is 3. The summed E-state index contributed by atoms with van der Waals surface area (Å²) in [4.78, 5) is 40.9. The molecule has 0 saturated carbocycles. The summed E-state index contributed by atoms with van der Waals surface area (Å²) in [7, 11) is 1.54. The monoisotopic (exact) mass is 492 g/mol. The lowest BCUT2D eigenvalue weighted by atomic mass is 10.1. The van der Waals surface area contributed by atoms with Gasteiger partial charge < -0.3 is 19.4 Å². The molecule has 4 rings (SSSR count). The van der Waals surface area contributed by atoms with Crippen molar-refractivity contribution >= 4 is 28.9 Å². The number of nitro benzene ring substituents is 1. The molecule has 35 heavy (non-hydrogen) atoms. The van der Waals surface area contributed by atoms with Crippen molar-refractivity contribution in [3.8, 4) is 5.75 Å². The van der Waals surface area contributed by atoms with Gasteiger partial charge in [-0.1, -0.05) is 0 Å². The highest BCUT2D eigenvalue weighted by atomic mass is 19.4. The zero-order valence-corrected chi connectivity index (χ0v) is 18.8. The molecule has 2 fully saturated rings. The van der Waals surface area contributed by atoms with Crippen molar-refractivity contribution in [2.75, 3.05) is 49.6 Å². The molecule has 0 N–H and O–H groups in total. The zero-order valence-electron chi connectivity index (χ0n) is 18.8. The van der Waals surface area contributed by atoms with Crippen LogP contribution in [0.1, 0.15) is 12.0 Å². The third-order valence-electron chi connectivity index (χ3n) is 6.29. The van der Waals surface area contributed by atoms with Gasteiger partial charge >= 0.3 is 6.18 Å². The summed E-state index contributed by atoms with van der Waals surface area (Å²) in [5.74, 6) is -0.209. The van der Waals surface area contributed by atoms with Crippen LogP contribution in [0.5, 0.6) is 5.75 Å². The Kier molecular flexibility index (Phi) is 6.55. The number of ether oxygens (including phenoxy) is 1. The van der Waals surface area contributed by atoms with Crippen LogP contribution in [0.25, 0.3) is 0 Å². The number of benzene rings is 2. The fourth-order valence-electron chi connectivity index (χ4n) is 4.42. The summed E-state index contributed by atoms with van der Waals surface area (Å²) in [5, 5.41) is 11.4. The molecule has 2 aliphatic heterocycles. The molecule has 0 aliphatic carbocycles. The van der Waals surface area contributed by atoms with Crippen molar-refractivity contribution in [1.29, 1.82) is 0 Å². The summed E-state index contributed by atoms with van der Waals surface area (Å²) in [6.45, 7) is 1.17. The predicted molar refractivity (Wildman–Crippen MR) is 120 cm³/mol. The molecule has 0 spiro atoms. The number of nitro groups is 1. The molecule has 12 heteroatoms. The first-order valence-corrected chi connectivity index (χ1v) is 10.9. The molecular formula is C23H23F3N4O5. The number of carbonyl (C=O) groups is 2. The van der Waals surface area contributed by atoms with Crippen LogP contribution in [0, 0.1) is 16.0 Å². The predicted octanol–water partition coefficient (Wildman–Crippen LogP) is 3.32. The summed E-state index contributed by atoms with van der Waals surface area (Å²) >= 11 is 0. The van der Waals surface area contributed by atoms with Crippen molar-refractivity contribution in [1.82, 2.24) is 4.90 Å². The van der Waals surface area contributed by atoms with Crippen LogP contribution >= 0.6 is 0 Å². The van der Waals surface area contributed by atoms with Gasteiger partial charge in [-0.15, -0.1) is 0 Å². The second-order valence-corrected chi connectivity index (χ2v) is 8.37. The summed E-state index contributed by atoms with van der Waals surface area (Å²) < 4.78 is 44.1.